The van der Waals surface area contributed by atoms with Crippen LogP contribution in [0.15, 0.2) is 4.99 Å². The molecule has 0 aliphatic heterocycles. The second kappa shape index (κ2) is 11.4. The second-order valence-corrected chi connectivity index (χ2v) is 8.25. The van der Waals surface area contributed by atoms with Gasteiger partial charge in [-0.05, 0) is 26.2 Å². The van der Waals surface area contributed by atoms with Crippen LogP contribution in [0.4, 0.5) is 0 Å². The Bertz CT molecular complexity index is 423. The van der Waals surface area contributed by atoms with E-state index in [9.17, 15) is 8.42 Å². The first-order chi connectivity index (χ1) is 9.56. The fraction of sp³-hybridized carbons (Fsp3) is 0.929. The van der Waals surface area contributed by atoms with Crippen molar-refractivity contribution in [3.05, 3.63) is 0 Å². The van der Waals surface area contributed by atoms with Crippen molar-refractivity contribution in [3.63, 3.8) is 0 Å². The highest BCUT2D eigenvalue weighted by molar-refractivity contribution is 14.0. The first kappa shape index (κ1) is 24.2. The lowest BCUT2D eigenvalue weighted by molar-refractivity contribution is 0.446. The van der Waals surface area contributed by atoms with E-state index in [-0.39, 0.29) is 24.0 Å². The third-order valence-corrected chi connectivity index (χ3v) is 3.81. The van der Waals surface area contributed by atoms with E-state index >= 15 is 0 Å². The molecule has 8 heteroatoms. The third kappa shape index (κ3) is 14.8. The van der Waals surface area contributed by atoms with E-state index in [0.717, 1.165) is 25.1 Å². The minimum Gasteiger partial charge on any atom is -0.356 e. The van der Waals surface area contributed by atoms with Gasteiger partial charge in [-0.1, -0.05) is 26.7 Å². The van der Waals surface area contributed by atoms with Crippen molar-refractivity contribution in [2.45, 2.75) is 52.5 Å². The quantitative estimate of drug-likeness (QED) is 0.218. The van der Waals surface area contributed by atoms with Crippen LogP contribution in [-0.4, -0.2) is 46.3 Å². The Morgan fingerprint density at radius 3 is 2.23 bits per heavy atom. The summed E-state index contributed by atoms with van der Waals surface area (Å²) in [5.41, 5.74) is -0.567. The van der Waals surface area contributed by atoms with E-state index in [4.69, 9.17) is 0 Å². The average Bonchev–Trinajstić information content (AvgIpc) is 2.29. The lowest BCUT2D eigenvalue weighted by Crippen LogP contribution is -2.53. The van der Waals surface area contributed by atoms with Gasteiger partial charge in [0.2, 0.25) is 10.0 Å². The fourth-order valence-electron chi connectivity index (χ4n) is 1.95. The zero-order valence-electron chi connectivity index (χ0n) is 14.7. The van der Waals surface area contributed by atoms with Crippen molar-refractivity contribution in [1.29, 1.82) is 0 Å². The van der Waals surface area contributed by atoms with E-state index in [0.29, 0.717) is 12.5 Å². The number of nitrogens with zero attached hydrogens (tertiary/aromatic N) is 1. The number of sulfonamides is 1. The molecular weight excluding hydrogens is 415 g/mol. The van der Waals surface area contributed by atoms with E-state index in [2.05, 4.69) is 34.2 Å². The predicted molar refractivity (Wildman–Crippen MR) is 106 cm³/mol. The van der Waals surface area contributed by atoms with Gasteiger partial charge < -0.3 is 10.6 Å². The molecule has 0 aromatic carbocycles. The topological polar surface area (TPSA) is 82.6 Å². The van der Waals surface area contributed by atoms with Gasteiger partial charge in [-0.2, -0.15) is 0 Å². The first-order valence-corrected chi connectivity index (χ1v) is 9.38. The molecule has 0 aliphatic carbocycles. The van der Waals surface area contributed by atoms with Crippen molar-refractivity contribution in [3.8, 4) is 0 Å². The molecule has 0 aromatic heterocycles. The lowest BCUT2D eigenvalue weighted by Gasteiger charge is -2.26. The summed E-state index contributed by atoms with van der Waals surface area (Å²) in [6.45, 7) is 9.45. The first-order valence-electron chi connectivity index (χ1n) is 7.49. The zero-order chi connectivity index (χ0) is 16.5. The highest BCUT2D eigenvalue weighted by Gasteiger charge is 2.22. The molecule has 0 fully saturated rings. The van der Waals surface area contributed by atoms with Crippen LogP contribution in [-0.2, 0) is 10.0 Å². The molecule has 0 radical (unpaired) electrons. The number of hydrogen-bond acceptors (Lipinski definition) is 3. The number of guanidine groups is 1. The molecule has 0 saturated heterocycles. The molecule has 22 heavy (non-hydrogen) atoms. The van der Waals surface area contributed by atoms with Crippen LogP contribution in [0.2, 0.25) is 0 Å². The lowest BCUT2D eigenvalue weighted by atomic mass is 10.1. The summed E-state index contributed by atoms with van der Waals surface area (Å²) >= 11 is 0. The summed E-state index contributed by atoms with van der Waals surface area (Å²) in [7, 11) is -1.51. The van der Waals surface area contributed by atoms with Crippen molar-refractivity contribution in [2.75, 3.05) is 26.4 Å². The summed E-state index contributed by atoms with van der Waals surface area (Å²) < 4.78 is 25.1. The van der Waals surface area contributed by atoms with Gasteiger partial charge in [0.1, 0.15) is 0 Å². The molecule has 6 nitrogen and oxygen atoms in total. The van der Waals surface area contributed by atoms with Crippen molar-refractivity contribution in [1.82, 2.24) is 15.4 Å². The maximum atomic E-state index is 11.3. The minimum absolute atomic E-state index is 0. The molecule has 0 saturated carbocycles. The maximum absolute atomic E-state index is 11.3. The van der Waals surface area contributed by atoms with Gasteiger partial charge in [-0.15, -0.1) is 24.0 Å². The molecule has 0 unspecified atom stereocenters. The number of unbranched alkanes of at least 4 members (excludes halogenated alkanes) is 1. The van der Waals surface area contributed by atoms with Gasteiger partial charge in [0, 0.05) is 25.7 Å². The Kier molecular flexibility index (Phi) is 12.6. The molecule has 0 heterocycles. The highest BCUT2D eigenvalue weighted by Crippen LogP contribution is 2.05. The smallest absolute Gasteiger partial charge is 0.209 e. The van der Waals surface area contributed by atoms with Crippen LogP contribution in [0.3, 0.4) is 0 Å². The molecule has 0 spiro atoms. The fourth-order valence-corrected chi connectivity index (χ4v) is 3.02. The summed E-state index contributed by atoms with van der Waals surface area (Å²) in [6.07, 6.45) is 4.70. The standard InChI is InChI=1S/C14H32N4O2S.HI/c1-12(2)9-7-8-10-16-13(15-5)17-11-14(3,4)18-21(6,19)20;/h12,18H,7-11H2,1-6H3,(H2,15,16,17);1H. The SMILES string of the molecule is CN=C(NCCCCC(C)C)NCC(C)(C)NS(C)(=O)=O.I. The van der Waals surface area contributed by atoms with Gasteiger partial charge in [0.25, 0.3) is 0 Å². The highest BCUT2D eigenvalue weighted by atomic mass is 127. The van der Waals surface area contributed by atoms with Gasteiger partial charge in [-0.25, -0.2) is 13.1 Å². The van der Waals surface area contributed by atoms with Crippen LogP contribution >= 0.6 is 24.0 Å². The van der Waals surface area contributed by atoms with Crippen LogP contribution in [0, 0.1) is 5.92 Å². The van der Waals surface area contributed by atoms with E-state index < -0.39 is 15.6 Å². The van der Waals surface area contributed by atoms with Gasteiger partial charge in [0.15, 0.2) is 5.96 Å². The van der Waals surface area contributed by atoms with Crippen molar-refractivity contribution >= 4 is 40.0 Å². The molecule has 0 bridgehead atoms. The maximum Gasteiger partial charge on any atom is 0.209 e. The zero-order valence-corrected chi connectivity index (χ0v) is 17.8. The Morgan fingerprint density at radius 1 is 1.18 bits per heavy atom. The van der Waals surface area contributed by atoms with E-state index in [1.165, 1.54) is 12.8 Å². The Morgan fingerprint density at radius 2 is 1.77 bits per heavy atom. The number of rotatable bonds is 9. The number of aliphatic imine (C=N–C) groups is 1. The summed E-state index contributed by atoms with van der Waals surface area (Å²) in [4.78, 5) is 4.14. The molecule has 3 N–H and O–H groups in total. The second-order valence-electron chi connectivity index (χ2n) is 6.50. The predicted octanol–water partition coefficient (Wildman–Crippen LogP) is 1.92. The minimum atomic E-state index is -3.22. The molecule has 0 rings (SSSR count). The summed E-state index contributed by atoms with van der Waals surface area (Å²) in [5.74, 6) is 1.44. The van der Waals surface area contributed by atoms with Crippen LogP contribution in [0.1, 0.15) is 47.0 Å². The molecular formula is C14H33IN4O2S. The number of nitrogens with one attached hydrogen (secondary N) is 3. The van der Waals surface area contributed by atoms with Gasteiger partial charge in [0.05, 0.1) is 6.26 Å². The normalized spacial score (nSPS) is 13.0. The average molecular weight is 448 g/mol. The van der Waals surface area contributed by atoms with Gasteiger partial charge in [-0.3, -0.25) is 4.99 Å². The monoisotopic (exact) mass is 448 g/mol. The van der Waals surface area contributed by atoms with Gasteiger partial charge >= 0.3 is 0 Å². The summed E-state index contributed by atoms with van der Waals surface area (Å²) in [6, 6.07) is 0. The van der Waals surface area contributed by atoms with Crippen molar-refractivity contribution < 1.29 is 8.42 Å². The number of hydrogen-bond donors (Lipinski definition) is 3. The molecule has 0 atom stereocenters. The molecule has 0 amide bonds. The largest absolute Gasteiger partial charge is 0.356 e. The third-order valence-electron chi connectivity index (χ3n) is 2.88. The molecule has 134 valence electrons. The van der Waals surface area contributed by atoms with Crippen LogP contribution in [0.25, 0.3) is 0 Å². The van der Waals surface area contributed by atoms with Crippen LogP contribution in [0.5, 0.6) is 0 Å². The Balaban J connectivity index is 0. The van der Waals surface area contributed by atoms with Crippen LogP contribution < -0.4 is 15.4 Å². The summed E-state index contributed by atoms with van der Waals surface area (Å²) in [5, 5.41) is 6.38. The molecule has 0 aliphatic rings. The van der Waals surface area contributed by atoms with E-state index in [1.54, 1.807) is 7.05 Å². The van der Waals surface area contributed by atoms with Crippen molar-refractivity contribution in [2.24, 2.45) is 10.9 Å². The Hall–Kier alpha value is -0.0900. The Labute approximate surface area is 153 Å². The molecule has 0 aromatic rings. The number of halogens is 1. The van der Waals surface area contributed by atoms with E-state index in [1.807, 2.05) is 13.8 Å².